The van der Waals surface area contributed by atoms with E-state index in [2.05, 4.69) is 20.9 Å². The molecular weight excluding hydrogens is 412 g/mol. The van der Waals surface area contributed by atoms with Crippen molar-refractivity contribution in [3.63, 3.8) is 0 Å². The maximum absolute atomic E-state index is 13.7. The van der Waals surface area contributed by atoms with Gasteiger partial charge in [-0.15, -0.1) is 0 Å². The molecule has 2 atom stereocenters. The number of hydrogen-bond acceptors (Lipinski definition) is 6. The minimum Gasteiger partial charge on any atom is -0.380 e. The first-order valence-electron chi connectivity index (χ1n) is 10.7. The van der Waals surface area contributed by atoms with Crippen molar-refractivity contribution in [3.8, 4) is 0 Å². The van der Waals surface area contributed by atoms with E-state index >= 15 is 0 Å². The van der Waals surface area contributed by atoms with Gasteiger partial charge in [0, 0.05) is 62.1 Å². The van der Waals surface area contributed by atoms with Crippen LogP contribution in [0.3, 0.4) is 0 Å². The Morgan fingerprint density at radius 3 is 2.81 bits per heavy atom. The van der Waals surface area contributed by atoms with Gasteiger partial charge in [-0.2, -0.15) is 4.31 Å². The van der Waals surface area contributed by atoms with Crippen molar-refractivity contribution < 1.29 is 13.2 Å². The molecule has 2 aliphatic heterocycles. The van der Waals surface area contributed by atoms with Crippen molar-refractivity contribution in [1.82, 2.24) is 19.2 Å². The zero-order chi connectivity index (χ0) is 21.3. The Kier molecular flexibility index (Phi) is 5.71. The number of fused-ring (bicyclic) bond motifs is 2. The van der Waals surface area contributed by atoms with Crippen LogP contribution in [0.15, 0.2) is 66.0 Å². The number of benzene rings is 1. The maximum atomic E-state index is 13.7. The molecule has 8 heteroatoms. The number of pyridine rings is 2. The molecule has 2 saturated heterocycles. The lowest BCUT2D eigenvalue weighted by Gasteiger charge is -2.41. The van der Waals surface area contributed by atoms with Gasteiger partial charge < -0.3 is 4.74 Å². The van der Waals surface area contributed by atoms with Gasteiger partial charge in [-0.25, -0.2) is 8.42 Å². The van der Waals surface area contributed by atoms with Crippen LogP contribution in [0.1, 0.15) is 12.0 Å². The predicted molar refractivity (Wildman–Crippen MR) is 118 cm³/mol. The monoisotopic (exact) mass is 438 g/mol. The van der Waals surface area contributed by atoms with E-state index in [-0.39, 0.29) is 10.9 Å². The molecule has 0 radical (unpaired) electrons. The summed E-state index contributed by atoms with van der Waals surface area (Å²) in [6.45, 7) is 3.81. The van der Waals surface area contributed by atoms with Gasteiger partial charge >= 0.3 is 0 Å². The predicted octanol–water partition coefficient (Wildman–Crippen LogP) is 2.54. The van der Waals surface area contributed by atoms with Crippen molar-refractivity contribution in [2.45, 2.75) is 23.9 Å². The fourth-order valence-electron chi connectivity index (χ4n) is 4.71. The minimum atomic E-state index is -3.66. The number of piperidine rings is 1. The summed E-state index contributed by atoms with van der Waals surface area (Å²) in [5.74, 6) is 0.316. The Labute approximate surface area is 182 Å². The van der Waals surface area contributed by atoms with Crippen LogP contribution in [0.2, 0.25) is 0 Å². The van der Waals surface area contributed by atoms with Crippen LogP contribution in [0.25, 0.3) is 10.9 Å². The molecular formula is C23H26N4O3S. The molecule has 5 rings (SSSR count). The molecule has 162 valence electrons. The zero-order valence-electron chi connectivity index (χ0n) is 17.3. The molecule has 7 nitrogen and oxygen atoms in total. The molecule has 31 heavy (non-hydrogen) atoms. The lowest BCUT2D eigenvalue weighted by molar-refractivity contribution is 0.0766. The molecule has 2 aliphatic rings. The van der Waals surface area contributed by atoms with Crippen molar-refractivity contribution in [2.24, 2.45) is 5.92 Å². The van der Waals surface area contributed by atoms with Crippen molar-refractivity contribution in [3.05, 3.63) is 66.6 Å². The third-order valence-corrected chi connectivity index (χ3v) is 8.23. The van der Waals surface area contributed by atoms with Crippen LogP contribution in [0.5, 0.6) is 0 Å². The highest BCUT2D eigenvalue weighted by Gasteiger charge is 2.40. The highest BCUT2D eigenvalue weighted by Crippen LogP contribution is 2.31. The Hall–Kier alpha value is -2.39. The summed E-state index contributed by atoms with van der Waals surface area (Å²) in [7, 11) is -3.66. The van der Waals surface area contributed by atoms with Crippen LogP contribution < -0.4 is 0 Å². The average Bonchev–Trinajstić information content (AvgIpc) is 3.01. The Morgan fingerprint density at radius 1 is 1.06 bits per heavy atom. The van der Waals surface area contributed by atoms with E-state index in [1.807, 2.05) is 30.5 Å². The van der Waals surface area contributed by atoms with Crippen LogP contribution in [0, 0.1) is 5.92 Å². The second-order valence-corrected chi connectivity index (χ2v) is 10.1. The summed E-state index contributed by atoms with van der Waals surface area (Å²) >= 11 is 0. The Balaban J connectivity index is 1.44. The molecule has 0 spiro atoms. The lowest BCUT2D eigenvalue weighted by atomic mass is 9.92. The van der Waals surface area contributed by atoms with Gasteiger partial charge in [-0.3, -0.25) is 14.9 Å². The summed E-state index contributed by atoms with van der Waals surface area (Å²) in [5.41, 5.74) is 1.66. The molecule has 1 aromatic carbocycles. The van der Waals surface area contributed by atoms with Gasteiger partial charge in [-0.1, -0.05) is 24.3 Å². The van der Waals surface area contributed by atoms with Crippen molar-refractivity contribution >= 4 is 20.9 Å². The summed E-state index contributed by atoms with van der Waals surface area (Å²) < 4.78 is 34.8. The van der Waals surface area contributed by atoms with Gasteiger partial charge in [0.2, 0.25) is 10.0 Å². The number of ether oxygens (including phenoxy) is 1. The molecule has 2 aromatic heterocycles. The molecule has 0 N–H and O–H groups in total. The standard InChI is InChI=1S/C23H26N4O3S/c28-31(29,22-7-1-5-19-6-3-10-25-23(19)22)27-11-8-20-17-30-13-12-26(21(20)16-27)15-18-4-2-9-24-14-18/h1-7,9-10,14,20-21H,8,11-13,15-17H2/t20-,21-/m1/s1. The molecule has 0 amide bonds. The first-order valence-corrected chi connectivity index (χ1v) is 12.1. The van der Waals surface area contributed by atoms with Gasteiger partial charge in [0.25, 0.3) is 0 Å². The second kappa shape index (κ2) is 8.63. The van der Waals surface area contributed by atoms with Crippen LogP contribution >= 0.6 is 0 Å². The maximum Gasteiger partial charge on any atom is 0.245 e. The van der Waals surface area contributed by atoms with Crippen LogP contribution in [-0.4, -0.2) is 66.5 Å². The second-order valence-electron chi connectivity index (χ2n) is 8.22. The zero-order valence-corrected chi connectivity index (χ0v) is 18.1. The highest BCUT2D eigenvalue weighted by atomic mass is 32.2. The first-order chi connectivity index (χ1) is 15.1. The lowest BCUT2D eigenvalue weighted by Crippen LogP contribution is -2.54. The number of sulfonamides is 1. The molecule has 0 bridgehead atoms. The average molecular weight is 439 g/mol. The van der Waals surface area contributed by atoms with Gasteiger partial charge in [0.1, 0.15) is 4.90 Å². The van der Waals surface area contributed by atoms with Crippen LogP contribution in [-0.2, 0) is 21.3 Å². The van der Waals surface area contributed by atoms with E-state index in [1.165, 1.54) is 0 Å². The fraction of sp³-hybridized carbons (Fsp3) is 0.391. The largest absolute Gasteiger partial charge is 0.380 e. The van der Waals surface area contributed by atoms with Gasteiger partial charge in [0.15, 0.2) is 0 Å². The van der Waals surface area contributed by atoms with Crippen molar-refractivity contribution in [1.29, 1.82) is 0 Å². The van der Waals surface area contributed by atoms with E-state index in [4.69, 9.17) is 4.74 Å². The third kappa shape index (κ3) is 4.08. The number of hydrogen-bond donors (Lipinski definition) is 0. The quantitative estimate of drug-likeness (QED) is 0.623. The van der Waals surface area contributed by atoms with E-state index in [0.717, 1.165) is 30.5 Å². The Bertz CT molecular complexity index is 1150. The van der Waals surface area contributed by atoms with Crippen LogP contribution in [0.4, 0.5) is 0 Å². The molecule has 2 fully saturated rings. The van der Waals surface area contributed by atoms with E-state index < -0.39 is 10.0 Å². The Morgan fingerprint density at radius 2 is 1.94 bits per heavy atom. The van der Waals surface area contributed by atoms with Gasteiger partial charge in [-0.05, 0) is 30.2 Å². The SMILES string of the molecule is O=S(=O)(c1cccc2cccnc12)N1CC[C@@H]2COCCN(Cc3cccnc3)[C@@H]2C1. The van der Waals surface area contributed by atoms with E-state index in [9.17, 15) is 8.42 Å². The molecule has 3 aromatic rings. The number of para-hydroxylation sites is 1. The van der Waals surface area contributed by atoms with Gasteiger partial charge in [0.05, 0.1) is 18.7 Å². The number of aromatic nitrogens is 2. The minimum absolute atomic E-state index is 0.106. The highest BCUT2D eigenvalue weighted by molar-refractivity contribution is 7.89. The first kappa shape index (κ1) is 20.5. The smallest absolute Gasteiger partial charge is 0.245 e. The molecule has 0 unspecified atom stereocenters. The summed E-state index contributed by atoms with van der Waals surface area (Å²) in [4.78, 5) is 11.2. The van der Waals surface area contributed by atoms with E-state index in [0.29, 0.717) is 37.7 Å². The summed E-state index contributed by atoms with van der Waals surface area (Å²) in [6, 6.07) is 13.2. The van der Waals surface area contributed by atoms with Crippen molar-refractivity contribution in [2.75, 3.05) is 32.8 Å². The third-order valence-electron chi connectivity index (χ3n) is 6.33. The summed E-state index contributed by atoms with van der Waals surface area (Å²) in [6.07, 6.45) is 6.07. The normalized spacial score (nSPS) is 23.4. The molecule has 4 heterocycles. The number of nitrogens with zero attached hydrogens (tertiary/aromatic N) is 4. The molecule has 0 aliphatic carbocycles. The van der Waals surface area contributed by atoms with E-state index in [1.54, 1.807) is 28.8 Å². The number of rotatable bonds is 4. The fourth-order valence-corrected chi connectivity index (χ4v) is 6.34. The topological polar surface area (TPSA) is 75.6 Å². The summed E-state index contributed by atoms with van der Waals surface area (Å²) in [5, 5.41) is 0.833. The molecule has 0 saturated carbocycles.